The molecule has 0 spiro atoms. The quantitative estimate of drug-likeness (QED) is 0.531. The number of halogens is 1. The third-order valence-corrected chi connectivity index (χ3v) is 7.74. The van der Waals surface area contributed by atoms with E-state index in [-0.39, 0.29) is 12.5 Å². The highest BCUT2D eigenvalue weighted by molar-refractivity contribution is 6.31. The van der Waals surface area contributed by atoms with Crippen LogP contribution in [0.4, 0.5) is 0 Å². The second kappa shape index (κ2) is 9.46. The standard InChI is InChI=1S/C27H31ClN4O/c1-17(16-33)27-31-25-13-22(28)4-9-26(25)32(27)24-7-5-23(6-8-24)30-15-19-11-20-3-2-18(14-29)10-21(20)12-19/h2-4,9-10,13,17,19,23-24,30,33H,5-8,11-12,15-16H2,1H3/t17?,19-,23?,24?/m0/s1. The number of aliphatic hydroxyl groups is 1. The molecule has 172 valence electrons. The molecule has 3 aromatic rings. The van der Waals surface area contributed by atoms with Gasteiger partial charge in [-0.15, -0.1) is 0 Å². The smallest absolute Gasteiger partial charge is 0.115 e. The molecule has 2 aliphatic carbocycles. The van der Waals surface area contributed by atoms with E-state index in [1.165, 1.54) is 11.1 Å². The fourth-order valence-electron chi connectivity index (χ4n) is 5.70. The second-order valence-corrected chi connectivity index (χ2v) is 10.3. The van der Waals surface area contributed by atoms with Gasteiger partial charge in [-0.3, -0.25) is 0 Å². The molecule has 1 heterocycles. The minimum absolute atomic E-state index is 0.00225. The summed E-state index contributed by atoms with van der Waals surface area (Å²) in [5.41, 5.74) is 5.55. The summed E-state index contributed by atoms with van der Waals surface area (Å²) in [5.74, 6) is 1.58. The highest BCUT2D eigenvalue weighted by atomic mass is 35.5. The molecule has 2 aromatic carbocycles. The van der Waals surface area contributed by atoms with Crippen molar-refractivity contribution < 1.29 is 5.11 Å². The highest BCUT2D eigenvalue weighted by Gasteiger charge is 2.28. The normalized spacial score (nSPS) is 23.4. The number of nitrogens with one attached hydrogen (secondary N) is 1. The number of nitrogens with zero attached hydrogens (tertiary/aromatic N) is 3. The molecule has 1 saturated carbocycles. The molecule has 6 heteroatoms. The van der Waals surface area contributed by atoms with Crippen molar-refractivity contribution in [1.29, 1.82) is 5.26 Å². The van der Waals surface area contributed by atoms with Gasteiger partial charge in [-0.2, -0.15) is 5.26 Å². The Labute approximate surface area is 200 Å². The summed E-state index contributed by atoms with van der Waals surface area (Å²) < 4.78 is 2.36. The Kier molecular flexibility index (Phi) is 6.42. The van der Waals surface area contributed by atoms with Crippen LogP contribution in [0, 0.1) is 17.2 Å². The number of benzene rings is 2. The summed E-state index contributed by atoms with van der Waals surface area (Å²) in [6.07, 6.45) is 6.67. The molecule has 0 radical (unpaired) electrons. The number of hydrogen-bond donors (Lipinski definition) is 2. The van der Waals surface area contributed by atoms with Gasteiger partial charge in [0.25, 0.3) is 0 Å². The average molecular weight is 463 g/mol. The monoisotopic (exact) mass is 462 g/mol. The first-order valence-electron chi connectivity index (χ1n) is 12.1. The number of nitriles is 1. The summed E-state index contributed by atoms with van der Waals surface area (Å²) in [7, 11) is 0. The zero-order chi connectivity index (χ0) is 22.9. The van der Waals surface area contributed by atoms with Crippen LogP contribution in [0.5, 0.6) is 0 Å². The Balaban J connectivity index is 1.21. The Morgan fingerprint density at radius 3 is 2.70 bits per heavy atom. The molecule has 5 nitrogen and oxygen atoms in total. The van der Waals surface area contributed by atoms with Gasteiger partial charge in [0.05, 0.1) is 29.3 Å². The fraction of sp³-hybridized carbons (Fsp3) is 0.481. The van der Waals surface area contributed by atoms with Gasteiger partial charge in [-0.1, -0.05) is 24.6 Å². The first kappa shape index (κ1) is 22.4. The van der Waals surface area contributed by atoms with Gasteiger partial charge in [0.2, 0.25) is 0 Å². The summed E-state index contributed by atoms with van der Waals surface area (Å²) in [4.78, 5) is 4.84. The highest BCUT2D eigenvalue weighted by Crippen LogP contribution is 2.36. The molecule has 1 fully saturated rings. The Bertz CT molecular complexity index is 1190. The van der Waals surface area contributed by atoms with Crippen LogP contribution in [0.1, 0.15) is 67.1 Å². The van der Waals surface area contributed by atoms with E-state index in [4.69, 9.17) is 21.8 Å². The first-order valence-corrected chi connectivity index (χ1v) is 12.5. The number of hydrogen-bond acceptors (Lipinski definition) is 4. The molecular weight excluding hydrogens is 432 g/mol. The molecule has 0 saturated heterocycles. The van der Waals surface area contributed by atoms with E-state index in [9.17, 15) is 5.11 Å². The lowest BCUT2D eigenvalue weighted by Crippen LogP contribution is -2.37. The van der Waals surface area contributed by atoms with Crippen molar-refractivity contribution in [2.75, 3.05) is 13.2 Å². The van der Waals surface area contributed by atoms with Crippen molar-refractivity contribution in [3.8, 4) is 6.07 Å². The summed E-state index contributed by atoms with van der Waals surface area (Å²) in [5, 5.41) is 23.5. The van der Waals surface area contributed by atoms with Crippen molar-refractivity contribution in [2.24, 2.45) is 5.92 Å². The molecule has 0 bridgehead atoms. The van der Waals surface area contributed by atoms with Gasteiger partial charge in [0.1, 0.15) is 5.82 Å². The molecule has 2 N–H and O–H groups in total. The molecule has 33 heavy (non-hydrogen) atoms. The Morgan fingerprint density at radius 1 is 1.15 bits per heavy atom. The molecule has 2 aliphatic rings. The molecular formula is C27H31ClN4O. The number of aliphatic hydroxyl groups excluding tert-OH is 1. The van der Waals surface area contributed by atoms with Crippen LogP contribution in [-0.4, -0.2) is 33.9 Å². The zero-order valence-corrected chi connectivity index (χ0v) is 19.9. The van der Waals surface area contributed by atoms with Crippen LogP contribution < -0.4 is 5.32 Å². The minimum atomic E-state index is -0.00225. The summed E-state index contributed by atoms with van der Waals surface area (Å²) >= 11 is 6.21. The zero-order valence-electron chi connectivity index (χ0n) is 19.1. The lowest BCUT2D eigenvalue weighted by molar-refractivity contribution is 0.251. The lowest BCUT2D eigenvalue weighted by Gasteiger charge is -2.32. The summed E-state index contributed by atoms with van der Waals surface area (Å²) in [6, 6.07) is 15.3. The minimum Gasteiger partial charge on any atom is -0.396 e. The Morgan fingerprint density at radius 2 is 1.94 bits per heavy atom. The van der Waals surface area contributed by atoms with Gasteiger partial charge in [-0.25, -0.2) is 4.98 Å². The second-order valence-electron chi connectivity index (χ2n) is 9.84. The van der Waals surface area contributed by atoms with E-state index in [1.54, 1.807) is 0 Å². The number of imidazole rings is 1. The SMILES string of the molecule is CC(CO)c1nc2cc(Cl)ccc2n1C1CCC(NC[C@H]2Cc3ccc(C#N)cc3C2)CC1. The van der Waals surface area contributed by atoms with Crippen molar-refractivity contribution in [3.05, 3.63) is 63.9 Å². The summed E-state index contributed by atoms with van der Waals surface area (Å²) in [6.45, 7) is 3.16. The van der Waals surface area contributed by atoms with Crippen LogP contribution >= 0.6 is 11.6 Å². The van der Waals surface area contributed by atoms with E-state index in [0.29, 0.717) is 23.0 Å². The van der Waals surface area contributed by atoms with Gasteiger partial charge in [0.15, 0.2) is 0 Å². The van der Waals surface area contributed by atoms with Crippen LogP contribution in [0.3, 0.4) is 0 Å². The topological polar surface area (TPSA) is 73.9 Å². The van der Waals surface area contributed by atoms with E-state index >= 15 is 0 Å². The number of fused-ring (bicyclic) bond motifs is 2. The molecule has 1 aromatic heterocycles. The predicted molar refractivity (Wildman–Crippen MR) is 132 cm³/mol. The molecule has 2 atom stereocenters. The van der Waals surface area contributed by atoms with Crippen LogP contribution in [0.15, 0.2) is 36.4 Å². The predicted octanol–water partition coefficient (Wildman–Crippen LogP) is 5.15. The van der Waals surface area contributed by atoms with Crippen molar-refractivity contribution in [3.63, 3.8) is 0 Å². The van der Waals surface area contributed by atoms with Gasteiger partial charge >= 0.3 is 0 Å². The molecule has 0 amide bonds. The fourth-order valence-corrected chi connectivity index (χ4v) is 5.86. The largest absolute Gasteiger partial charge is 0.396 e. The van der Waals surface area contributed by atoms with Gasteiger partial charge in [-0.05, 0) is 92.4 Å². The third-order valence-electron chi connectivity index (χ3n) is 7.50. The lowest BCUT2D eigenvalue weighted by atomic mass is 9.90. The van der Waals surface area contributed by atoms with E-state index < -0.39 is 0 Å². The van der Waals surface area contributed by atoms with Gasteiger partial charge < -0.3 is 15.0 Å². The number of aromatic nitrogens is 2. The average Bonchev–Trinajstić information content (AvgIpc) is 3.42. The maximum Gasteiger partial charge on any atom is 0.115 e. The van der Waals surface area contributed by atoms with Crippen molar-refractivity contribution in [1.82, 2.24) is 14.9 Å². The van der Waals surface area contributed by atoms with Crippen LogP contribution in [-0.2, 0) is 12.8 Å². The first-order chi connectivity index (χ1) is 16.1. The van der Waals surface area contributed by atoms with Crippen LogP contribution in [0.25, 0.3) is 11.0 Å². The number of rotatable bonds is 6. The molecule has 5 rings (SSSR count). The van der Waals surface area contributed by atoms with Gasteiger partial charge in [0, 0.05) is 23.0 Å². The van der Waals surface area contributed by atoms with Crippen LogP contribution in [0.2, 0.25) is 5.02 Å². The maximum absolute atomic E-state index is 9.80. The molecule has 1 unspecified atom stereocenters. The van der Waals surface area contributed by atoms with E-state index in [2.05, 4.69) is 34.2 Å². The van der Waals surface area contributed by atoms with E-state index in [1.807, 2.05) is 25.1 Å². The van der Waals surface area contributed by atoms with Crippen molar-refractivity contribution in [2.45, 2.75) is 63.5 Å². The molecule has 0 aliphatic heterocycles. The van der Waals surface area contributed by atoms with E-state index in [0.717, 1.165) is 67.5 Å². The van der Waals surface area contributed by atoms with Crippen molar-refractivity contribution >= 4 is 22.6 Å². The Hall–Kier alpha value is -2.39. The third kappa shape index (κ3) is 4.53. The maximum atomic E-state index is 9.80.